The van der Waals surface area contributed by atoms with Gasteiger partial charge in [-0.1, -0.05) is 55.3 Å². The molecular weight excluding hydrogens is 424 g/mol. The highest BCUT2D eigenvalue weighted by Gasteiger charge is 2.28. The molecule has 7 nitrogen and oxygen atoms in total. The molecule has 0 saturated heterocycles. The highest BCUT2D eigenvalue weighted by atomic mass is 32.2. The minimum atomic E-state index is -0.218. The summed E-state index contributed by atoms with van der Waals surface area (Å²) in [6.45, 7) is -0.0169. The summed E-state index contributed by atoms with van der Waals surface area (Å²) in [4.78, 5) is 44.9. The summed E-state index contributed by atoms with van der Waals surface area (Å²) in [6.07, 6.45) is 5.26. The zero-order valence-corrected chi connectivity index (χ0v) is 18.4. The van der Waals surface area contributed by atoms with Gasteiger partial charge in [-0.3, -0.25) is 19.0 Å². The van der Waals surface area contributed by atoms with Crippen molar-refractivity contribution in [3.8, 4) is 0 Å². The molecule has 1 fully saturated rings. The van der Waals surface area contributed by atoms with Gasteiger partial charge >= 0.3 is 0 Å². The molecule has 8 heteroatoms. The number of thioether (sulfide) groups is 1. The predicted octanol–water partition coefficient (Wildman–Crippen LogP) is 3.98. The van der Waals surface area contributed by atoms with Crippen molar-refractivity contribution >= 4 is 45.9 Å². The Morgan fingerprint density at radius 3 is 2.62 bits per heavy atom. The first-order chi connectivity index (χ1) is 15.6. The van der Waals surface area contributed by atoms with Crippen LogP contribution in [0.1, 0.15) is 38.1 Å². The number of nitrogens with one attached hydrogen (secondary N) is 1. The van der Waals surface area contributed by atoms with Crippen molar-refractivity contribution in [2.75, 3.05) is 22.5 Å². The first kappa shape index (κ1) is 20.8. The van der Waals surface area contributed by atoms with Gasteiger partial charge in [-0.25, -0.2) is 4.98 Å². The Hall–Kier alpha value is -3.13. The van der Waals surface area contributed by atoms with Crippen LogP contribution in [0.3, 0.4) is 0 Å². The summed E-state index contributed by atoms with van der Waals surface area (Å²) in [5, 5.41) is 3.98. The molecule has 0 radical (unpaired) electrons. The molecule has 32 heavy (non-hydrogen) atoms. The maximum absolute atomic E-state index is 13.4. The van der Waals surface area contributed by atoms with E-state index < -0.39 is 0 Å². The van der Waals surface area contributed by atoms with Gasteiger partial charge in [-0.05, 0) is 37.1 Å². The van der Waals surface area contributed by atoms with Gasteiger partial charge in [0.25, 0.3) is 5.56 Å². The normalized spacial score (nSPS) is 16.6. The van der Waals surface area contributed by atoms with Gasteiger partial charge in [0, 0.05) is 6.04 Å². The maximum atomic E-state index is 13.4. The van der Waals surface area contributed by atoms with Crippen LogP contribution in [0.5, 0.6) is 0 Å². The van der Waals surface area contributed by atoms with Gasteiger partial charge in [0.2, 0.25) is 11.8 Å². The molecule has 2 aromatic carbocycles. The summed E-state index contributed by atoms with van der Waals surface area (Å²) in [6, 6.07) is 14.7. The first-order valence-electron chi connectivity index (χ1n) is 10.9. The van der Waals surface area contributed by atoms with Gasteiger partial charge < -0.3 is 10.2 Å². The number of hydrogen-bond acceptors (Lipinski definition) is 5. The second-order valence-electron chi connectivity index (χ2n) is 8.21. The monoisotopic (exact) mass is 448 g/mol. The van der Waals surface area contributed by atoms with Gasteiger partial charge in [0.05, 0.1) is 28.0 Å². The molecule has 3 aromatic rings. The second-order valence-corrected chi connectivity index (χ2v) is 9.15. The average molecular weight is 449 g/mol. The standard InChI is InChI=1S/C24H24N4O3S/c29-21-14-27(20-13-7-6-12-19(20)25-21)22(30)15-32-24-26-18-11-5-4-10-17(18)23(31)28(24)16-8-2-1-3-9-16/h4-7,10-13,16H,1-3,8-9,14-15H2,(H,25,29). The Bertz CT molecular complexity index is 1250. The van der Waals surface area contributed by atoms with E-state index in [4.69, 9.17) is 4.98 Å². The number of aromatic nitrogens is 2. The number of rotatable bonds is 4. The number of benzene rings is 2. The minimum absolute atomic E-state index is 0.0169. The third kappa shape index (κ3) is 3.90. The highest BCUT2D eigenvalue weighted by Crippen LogP contribution is 2.32. The quantitative estimate of drug-likeness (QED) is 0.482. The fraction of sp³-hybridized carbons (Fsp3) is 0.333. The van der Waals surface area contributed by atoms with Crippen LogP contribution in [-0.4, -0.2) is 33.7 Å². The fourth-order valence-corrected chi connectivity index (χ4v) is 5.49. The van der Waals surface area contributed by atoms with Gasteiger partial charge in [-0.15, -0.1) is 0 Å². The van der Waals surface area contributed by atoms with E-state index in [1.165, 1.54) is 23.1 Å². The van der Waals surface area contributed by atoms with Crippen molar-refractivity contribution in [2.45, 2.75) is 43.3 Å². The van der Waals surface area contributed by atoms with Gasteiger partial charge in [-0.2, -0.15) is 0 Å². The number of nitrogens with zero attached hydrogens (tertiary/aromatic N) is 3. The third-order valence-electron chi connectivity index (χ3n) is 6.11. The fourth-order valence-electron chi connectivity index (χ4n) is 4.55. The van der Waals surface area contributed by atoms with Crippen LogP contribution in [0.15, 0.2) is 58.5 Å². The Balaban J connectivity index is 1.46. The van der Waals surface area contributed by atoms with Crippen LogP contribution in [0.4, 0.5) is 11.4 Å². The zero-order valence-electron chi connectivity index (χ0n) is 17.6. The number of para-hydroxylation sites is 3. The molecule has 5 rings (SSSR count). The van der Waals surface area contributed by atoms with Gasteiger partial charge in [0.1, 0.15) is 6.54 Å². The largest absolute Gasteiger partial charge is 0.323 e. The van der Waals surface area contributed by atoms with Crippen molar-refractivity contribution < 1.29 is 9.59 Å². The molecule has 2 aliphatic rings. The lowest BCUT2D eigenvalue weighted by molar-refractivity contribution is -0.120. The number of amides is 2. The zero-order chi connectivity index (χ0) is 22.1. The maximum Gasteiger partial charge on any atom is 0.262 e. The lowest BCUT2D eigenvalue weighted by atomic mass is 9.95. The van der Waals surface area contributed by atoms with Crippen LogP contribution >= 0.6 is 11.8 Å². The molecular formula is C24H24N4O3S. The molecule has 1 aliphatic carbocycles. The van der Waals surface area contributed by atoms with Crippen LogP contribution in [0, 0.1) is 0 Å². The van der Waals surface area contributed by atoms with Crippen LogP contribution in [0.25, 0.3) is 10.9 Å². The van der Waals surface area contributed by atoms with Gasteiger partial charge in [0.15, 0.2) is 5.16 Å². The van der Waals surface area contributed by atoms with E-state index in [1.54, 1.807) is 10.6 Å². The number of anilines is 2. The van der Waals surface area contributed by atoms with E-state index in [1.807, 2.05) is 42.5 Å². The smallest absolute Gasteiger partial charge is 0.262 e. The molecule has 2 amide bonds. The summed E-state index contributed by atoms with van der Waals surface area (Å²) in [5.41, 5.74) is 1.92. The molecule has 0 bridgehead atoms. The SMILES string of the molecule is O=C1CN(C(=O)CSc2nc3ccccc3c(=O)n2C2CCCCC2)c2ccccc2N1. The molecule has 0 atom stereocenters. The molecule has 1 saturated carbocycles. The minimum Gasteiger partial charge on any atom is -0.323 e. The topological polar surface area (TPSA) is 84.3 Å². The molecule has 164 valence electrons. The van der Waals surface area contributed by atoms with E-state index in [2.05, 4.69) is 5.32 Å². The van der Waals surface area contributed by atoms with E-state index in [0.717, 1.165) is 25.7 Å². The lowest BCUT2D eigenvalue weighted by Gasteiger charge is -2.29. The second kappa shape index (κ2) is 8.78. The van der Waals surface area contributed by atoms with Crippen LogP contribution in [0.2, 0.25) is 0 Å². The van der Waals surface area contributed by atoms with Crippen molar-refractivity contribution in [3.05, 3.63) is 58.9 Å². The van der Waals surface area contributed by atoms with E-state index >= 15 is 0 Å². The van der Waals surface area contributed by atoms with Crippen molar-refractivity contribution in [1.29, 1.82) is 0 Å². The van der Waals surface area contributed by atoms with Crippen molar-refractivity contribution in [3.63, 3.8) is 0 Å². The number of fused-ring (bicyclic) bond motifs is 2. The van der Waals surface area contributed by atoms with Crippen molar-refractivity contribution in [1.82, 2.24) is 9.55 Å². The molecule has 0 spiro atoms. The number of carbonyl (C=O) groups excluding carboxylic acids is 2. The molecule has 2 heterocycles. The molecule has 0 unspecified atom stereocenters. The van der Waals surface area contributed by atoms with Crippen LogP contribution in [-0.2, 0) is 9.59 Å². The summed E-state index contributed by atoms with van der Waals surface area (Å²) >= 11 is 1.28. The van der Waals surface area contributed by atoms with E-state index in [9.17, 15) is 14.4 Å². The van der Waals surface area contributed by atoms with Crippen LogP contribution < -0.4 is 15.8 Å². The Morgan fingerprint density at radius 1 is 1.03 bits per heavy atom. The Morgan fingerprint density at radius 2 is 1.78 bits per heavy atom. The summed E-state index contributed by atoms with van der Waals surface area (Å²) in [7, 11) is 0. The molecule has 1 aliphatic heterocycles. The third-order valence-corrected chi connectivity index (χ3v) is 7.05. The highest BCUT2D eigenvalue weighted by molar-refractivity contribution is 7.99. The first-order valence-corrected chi connectivity index (χ1v) is 11.9. The lowest BCUT2D eigenvalue weighted by Crippen LogP contribution is -2.43. The van der Waals surface area contributed by atoms with E-state index in [0.29, 0.717) is 27.4 Å². The number of carbonyl (C=O) groups is 2. The Labute approximate surface area is 189 Å². The van der Waals surface area contributed by atoms with E-state index in [-0.39, 0.29) is 35.7 Å². The number of hydrogen-bond donors (Lipinski definition) is 1. The molecule has 1 aromatic heterocycles. The average Bonchev–Trinajstić information content (AvgIpc) is 2.82. The Kier molecular flexibility index (Phi) is 5.70. The summed E-state index contributed by atoms with van der Waals surface area (Å²) < 4.78 is 1.80. The summed E-state index contributed by atoms with van der Waals surface area (Å²) in [5.74, 6) is -0.307. The predicted molar refractivity (Wildman–Crippen MR) is 126 cm³/mol. The molecule has 1 N–H and O–H groups in total. The van der Waals surface area contributed by atoms with Crippen molar-refractivity contribution in [2.24, 2.45) is 0 Å².